The summed E-state index contributed by atoms with van der Waals surface area (Å²) in [5.41, 5.74) is 5.93. The monoisotopic (exact) mass is 312 g/mol. The van der Waals surface area contributed by atoms with Crippen LogP contribution in [0, 0.1) is 5.92 Å². The summed E-state index contributed by atoms with van der Waals surface area (Å²) >= 11 is 1.37. The van der Waals surface area contributed by atoms with Gasteiger partial charge in [0.25, 0.3) is 5.91 Å². The Morgan fingerprint density at radius 2 is 2.05 bits per heavy atom. The maximum absolute atomic E-state index is 12.6. The highest BCUT2D eigenvalue weighted by molar-refractivity contribution is 7.18. The zero-order chi connectivity index (χ0) is 15.4. The summed E-state index contributed by atoms with van der Waals surface area (Å²) < 4.78 is 0. The predicted octanol–water partition coefficient (Wildman–Crippen LogP) is 1.42. The number of hydrogen-bond donors (Lipinski definition) is 2. The number of aliphatic hydroxyl groups excluding tert-OH is 1. The van der Waals surface area contributed by atoms with Gasteiger partial charge in [-0.15, -0.1) is 0 Å². The molecule has 0 saturated carbocycles. The average Bonchev–Trinajstić information content (AvgIpc) is 2.89. The second-order valence-corrected chi connectivity index (χ2v) is 6.28. The van der Waals surface area contributed by atoms with Crippen molar-refractivity contribution in [1.82, 2.24) is 9.88 Å². The fourth-order valence-electron chi connectivity index (χ4n) is 2.57. The van der Waals surface area contributed by atoms with Crippen LogP contribution in [0.15, 0.2) is 0 Å². The summed E-state index contributed by atoms with van der Waals surface area (Å²) in [4.78, 5) is 21.4. The molecule has 0 atom stereocenters. The van der Waals surface area contributed by atoms with Gasteiger partial charge >= 0.3 is 0 Å². The number of aromatic nitrogens is 1. The minimum atomic E-state index is -0.0280. The Morgan fingerprint density at radius 1 is 1.43 bits per heavy atom. The number of likely N-dealkylation sites (tertiary alicyclic amines) is 1. The Morgan fingerprint density at radius 3 is 2.57 bits per heavy atom. The SMILES string of the molecule is CCN(CC)c1nc(N)c(C(=O)N2CCC(CO)CC2)s1. The number of thiazole rings is 1. The number of carbonyl (C=O) groups excluding carboxylic acids is 1. The van der Waals surface area contributed by atoms with Gasteiger partial charge < -0.3 is 20.6 Å². The number of piperidine rings is 1. The van der Waals surface area contributed by atoms with Crippen LogP contribution < -0.4 is 10.6 Å². The van der Waals surface area contributed by atoms with Gasteiger partial charge in [0.1, 0.15) is 10.7 Å². The highest BCUT2D eigenvalue weighted by Gasteiger charge is 2.27. The molecule has 0 aliphatic carbocycles. The predicted molar refractivity (Wildman–Crippen MR) is 85.8 cm³/mol. The summed E-state index contributed by atoms with van der Waals surface area (Å²) in [6, 6.07) is 0. The average molecular weight is 312 g/mol. The van der Waals surface area contributed by atoms with Crippen LogP contribution in [0.2, 0.25) is 0 Å². The number of carbonyl (C=O) groups is 1. The van der Waals surface area contributed by atoms with Crippen LogP contribution in [0.4, 0.5) is 10.9 Å². The Bertz CT molecular complexity index is 479. The van der Waals surface area contributed by atoms with Crippen molar-refractivity contribution < 1.29 is 9.90 Å². The lowest BCUT2D eigenvalue weighted by molar-refractivity contribution is 0.0656. The zero-order valence-electron chi connectivity index (χ0n) is 12.7. The lowest BCUT2D eigenvalue weighted by Gasteiger charge is -2.30. The van der Waals surface area contributed by atoms with Crippen LogP contribution in [-0.4, -0.2) is 53.7 Å². The van der Waals surface area contributed by atoms with Crippen LogP contribution in [-0.2, 0) is 0 Å². The number of nitrogens with two attached hydrogens (primary N) is 1. The Hall–Kier alpha value is -1.34. The van der Waals surface area contributed by atoms with Crippen molar-refractivity contribution in [2.45, 2.75) is 26.7 Å². The molecule has 1 amide bonds. The number of amides is 1. The molecule has 0 bridgehead atoms. The minimum absolute atomic E-state index is 0.0280. The first kappa shape index (κ1) is 16.0. The van der Waals surface area contributed by atoms with Crippen molar-refractivity contribution in [2.24, 2.45) is 5.92 Å². The smallest absolute Gasteiger partial charge is 0.267 e. The first-order valence-corrected chi connectivity index (χ1v) is 8.33. The van der Waals surface area contributed by atoms with E-state index in [-0.39, 0.29) is 12.5 Å². The standard InChI is InChI=1S/C14H24N4O2S/c1-3-17(4-2)14-16-12(15)11(21-14)13(20)18-7-5-10(9-19)6-8-18/h10,19H,3-9,15H2,1-2H3. The Kier molecular flexibility index (Phi) is 5.41. The van der Waals surface area contributed by atoms with Gasteiger partial charge in [-0.2, -0.15) is 0 Å². The lowest BCUT2D eigenvalue weighted by Crippen LogP contribution is -2.39. The number of aliphatic hydroxyl groups is 1. The number of rotatable bonds is 5. The molecule has 1 aromatic rings. The molecule has 3 N–H and O–H groups in total. The molecule has 21 heavy (non-hydrogen) atoms. The molecular formula is C14H24N4O2S. The molecule has 0 unspecified atom stereocenters. The molecule has 0 spiro atoms. The van der Waals surface area contributed by atoms with Gasteiger partial charge in [0.2, 0.25) is 0 Å². The third-order valence-electron chi connectivity index (χ3n) is 4.03. The molecule has 7 heteroatoms. The van der Waals surface area contributed by atoms with E-state index in [1.54, 1.807) is 0 Å². The Labute approximate surface area is 129 Å². The van der Waals surface area contributed by atoms with Gasteiger partial charge in [-0.25, -0.2) is 4.98 Å². The van der Waals surface area contributed by atoms with Crippen LogP contribution in [0.1, 0.15) is 36.4 Å². The van der Waals surface area contributed by atoms with E-state index in [0.717, 1.165) is 31.1 Å². The third-order valence-corrected chi connectivity index (χ3v) is 5.15. The van der Waals surface area contributed by atoms with E-state index >= 15 is 0 Å². The van der Waals surface area contributed by atoms with Crippen LogP contribution in [0.5, 0.6) is 0 Å². The first-order chi connectivity index (χ1) is 10.1. The third kappa shape index (κ3) is 3.47. The maximum Gasteiger partial charge on any atom is 0.267 e. The van der Waals surface area contributed by atoms with Crippen LogP contribution in [0.3, 0.4) is 0 Å². The van der Waals surface area contributed by atoms with Crippen molar-refractivity contribution >= 4 is 28.2 Å². The summed E-state index contributed by atoms with van der Waals surface area (Å²) in [5, 5.41) is 9.97. The van der Waals surface area contributed by atoms with Gasteiger partial charge in [0.15, 0.2) is 5.13 Å². The van der Waals surface area contributed by atoms with E-state index in [2.05, 4.69) is 23.7 Å². The minimum Gasteiger partial charge on any atom is -0.396 e. The van der Waals surface area contributed by atoms with E-state index in [1.807, 2.05) is 4.90 Å². The zero-order valence-corrected chi connectivity index (χ0v) is 13.5. The van der Waals surface area contributed by atoms with E-state index in [4.69, 9.17) is 10.8 Å². The number of hydrogen-bond acceptors (Lipinski definition) is 6. The van der Waals surface area contributed by atoms with Gasteiger partial charge in [-0.1, -0.05) is 11.3 Å². The highest BCUT2D eigenvalue weighted by Crippen LogP contribution is 2.30. The molecule has 1 saturated heterocycles. The van der Waals surface area contributed by atoms with Crippen molar-refractivity contribution in [3.05, 3.63) is 4.88 Å². The second kappa shape index (κ2) is 7.09. The quantitative estimate of drug-likeness (QED) is 0.859. The highest BCUT2D eigenvalue weighted by atomic mass is 32.1. The fraction of sp³-hybridized carbons (Fsp3) is 0.714. The molecule has 1 fully saturated rings. The topological polar surface area (TPSA) is 82.7 Å². The molecule has 118 valence electrons. The van der Waals surface area contributed by atoms with E-state index in [0.29, 0.717) is 29.7 Å². The van der Waals surface area contributed by atoms with Gasteiger partial charge in [0.05, 0.1) is 0 Å². The fourth-order valence-corrected chi connectivity index (χ4v) is 3.65. The summed E-state index contributed by atoms with van der Waals surface area (Å²) in [5.74, 6) is 0.620. The van der Waals surface area contributed by atoms with Crippen molar-refractivity contribution in [3.8, 4) is 0 Å². The van der Waals surface area contributed by atoms with Crippen molar-refractivity contribution in [3.63, 3.8) is 0 Å². The number of nitrogens with zero attached hydrogens (tertiary/aromatic N) is 3. The maximum atomic E-state index is 12.6. The normalized spacial score (nSPS) is 16.2. The number of nitrogen functional groups attached to an aromatic ring is 1. The lowest BCUT2D eigenvalue weighted by atomic mass is 9.98. The van der Waals surface area contributed by atoms with Gasteiger partial charge in [0, 0.05) is 32.8 Å². The second-order valence-electron chi connectivity index (χ2n) is 5.30. The summed E-state index contributed by atoms with van der Waals surface area (Å²) in [6.45, 7) is 7.38. The van der Waals surface area contributed by atoms with E-state index in [9.17, 15) is 4.79 Å². The number of anilines is 2. The van der Waals surface area contributed by atoms with Crippen molar-refractivity contribution in [1.29, 1.82) is 0 Å². The van der Waals surface area contributed by atoms with Gasteiger partial charge in [-0.3, -0.25) is 4.79 Å². The molecule has 0 radical (unpaired) electrons. The molecule has 2 rings (SSSR count). The van der Waals surface area contributed by atoms with Crippen LogP contribution >= 0.6 is 11.3 Å². The van der Waals surface area contributed by atoms with Crippen LogP contribution in [0.25, 0.3) is 0 Å². The summed E-state index contributed by atoms with van der Waals surface area (Å²) in [6.07, 6.45) is 1.70. The molecule has 6 nitrogen and oxygen atoms in total. The first-order valence-electron chi connectivity index (χ1n) is 7.52. The molecule has 0 aromatic carbocycles. The molecule has 2 heterocycles. The van der Waals surface area contributed by atoms with Gasteiger partial charge in [-0.05, 0) is 32.6 Å². The van der Waals surface area contributed by atoms with Crippen molar-refractivity contribution in [2.75, 3.05) is 43.4 Å². The molecule has 1 aliphatic rings. The largest absolute Gasteiger partial charge is 0.396 e. The van der Waals surface area contributed by atoms with E-state index < -0.39 is 0 Å². The molecular weight excluding hydrogens is 288 g/mol. The summed E-state index contributed by atoms with van der Waals surface area (Å²) in [7, 11) is 0. The molecule has 1 aromatic heterocycles. The Balaban J connectivity index is 2.09. The molecule has 1 aliphatic heterocycles. The van der Waals surface area contributed by atoms with E-state index in [1.165, 1.54) is 11.3 Å².